The molecule has 0 aliphatic heterocycles. The summed E-state index contributed by atoms with van der Waals surface area (Å²) in [5.41, 5.74) is 7.42. The fraction of sp³-hybridized carbons (Fsp3) is 0.333. The maximum absolute atomic E-state index is 14.2. The van der Waals surface area contributed by atoms with Gasteiger partial charge in [0.25, 0.3) is 11.8 Å². The lowest BCUT2D eigenvalue weighted by molar-refractivity contribution is -0.0674. The Balaban J connectivity index is 1.66. The van der Waals surface area contributed by atoms with Crippen LogP contribution in [-0.4, -0.2) is 38.5 Å². The first-order chi connectivity index (χ1) is 13.4. The molecule has 1 aliphatic rings. The van der Waals surface area contributed by atoms with Crippen LogP contribution in [0.1, 0.15) is 33.9 Å². The number of fused-ring (bicyclic) bond motifs is 1. The second-order valence-corrected chi connectivity index (χ2v) is 7.66. The topological polar surface area (TPSA) is 109 Å². The SMILES string of the molecule is N#Cc1sc(C(=O)N[C@@H]2[C@H](N)CCCC2(F)F)nc1-c1cnn2ccccc12. The highest BCUT2D eigenvalue weighted by molar-refractivity contribution is 7.14. The summed E-state index contributed by atoms with van der Waals surface area (Å²) in [6, 6.07) is 5.17. The number of nitrogens with zero attached hydrogens (tertiary/aromatic N) is 4. The van der Waals surface area contributed by atoms with Crippen molar-refractivity contribution < 1.29 is 13.6 Å². The molecule has 4 rings (SSSR count). The number of pyridine rings is 1. The molecule has 1 aliphatic carbocycles. The summed E-state index contributed by atoms with van der Waals surface area (Å²) in [5.74, 6) is -3.83. The van der Waals surface area contributed by atoms with E-state index in [1.807, 2.05) is 24.3 Å². The second kappa shape index (κ2) is 6.92. The lowest BCUT2D eigenvalue weighted by atomic mass is 9.87. The van der Waals surface area contributed by atoms with Crippen LogP contribution in [0.3, 0.4) is 0 Å². The minimum atomic E-state index is -3.08. The third kappa shape index (κ3) is 3.12. The van der Waals surface area contributed by atoms with Crippen molar-refractivity contribution >= 4 is 22.8 Å². The molecule has 10 heteroatoms. The van der Waals surface area contributed by atoms with Crippen molar-refractivity contribution in [1.29, 1.82) is 5.26 Å². The average Bonchev–Trinajstić information content (AvgIpc) is 3.28. The van der Waals surface area contributed by atoms with Crippen molar-refractivity contribution in [1.82, 2.24) is 19.9 Å². The molecule has 144 valence electrons. The number of nitrogens with one attached hydrogen (secondary N) is 1. The Morgan fingerprint density at radius 1 is 1.46 bits per heavy atom. The molecule has 0 aromatic carbocycles. The van der Waals surface area contributed by atoms with Gasteiger partial charge in [-0.25, -0.2) is 18.3 Å². The van der Waals surface area contributed by atoms with E-state index < -0.39 is 23.9 Å². The van der Waals surface area contributed by atoms with Gasteiger partial charge >= 0.3 is 0 Å². The first-order valence-electron chi connectivity index (χ1n) is 8.68. The fourth-order valence-electron chi connectivity index (χ4n) is 3.42. The van der Waals surface area contributed by atoms with E-state index in [-0.39, 0.29) is 16.3 Å². The van der Waals surface area contributed by atoms with Crippen LogP contribution in [-0.2, 0) is 0 Å². The van der Waals surface area contributed by atoms with Crippen LogP contribution in [0.5, 0.6) is 0 Å². The van der Waals surface area contributed by atoms with E-state index >= 15 is 0 Å². The molecule has 1 amide bonds. The molecule has 2 atom stereocenters. The lowest BCUT2D eigenvalue weighted by Crippen LogP contribution is -2.59. The third-order valence-corrected chi connectivity index (χ3v) is 5.78. The number of alkyl halides is 2. The molecular weight excluding hydrogens is 386 g/mol. The first kappa shape index (κ1) is 18.5. The Kier molecular flexibility index (Phi) is 4.56. The van der Waals surface area contributed by atoms with Crippen molar-refractivity contribution in [2.45, 2.75) is 37.3 Å². The molecule has 0 spiro atoms. The van der Waals surface area contributed by atoms with Gasteiger partial charge in [0.2, 0.25) is 0 Å². The monoisotopic (exact) mass is 402 g/mol. The Labute approximate surface area is 162 Å². The highest BCUT2D eigenvalue weighted by atomic mass is 32.1. The van der Waals surface area contributed by atoms with Crippen LogP contribution < -0.4 is 11.1 Å². The molecule has 3 aromatic rings. The summed E-state index contributed by atoms with van der Waals surface area (Å²) in [7, 11) is 0. The molecule has 3 aromatic heterocycles. The Morgan fingerprint density at radius 2 is 2.29 bits per heavy atom. The summed E-state index contributed by atoms with van der Waals surface area (Å²) >= 11 is 0.857. The maximum Gasteiger partial charge on any atom is 0.280 e. The van der Waals surface area contributed by atoms with Gasteiger partial charge in [-0.15, -0.1) is 0 Å². The summed E-state index contributed by atoms with van der Waals surface area (Å²) in [6.07, 6.45) is 3.71. The Morgan fingerprint density at radius 3 is 3.04 bits per heavy atom. The number of amides is 1. The molecule has 28 heavy (non-hydrogen) atoms. The molecule has 3 N–H and O–H groups in total. The van der Waals surface area contributed by atoms with Gasteiger partial charge in [-0.2, -0.15) is 10.4 Å². The van der Waals surface area contributed by atoms with Crippen LogP contribution in [0.4, 0.5) is 8.78 Å². The number of carbonyl (C=O) groups is 1. The van der Waals surface area contributed by atoms with Crippen LogP contribution in [0, 0.1) is 11.3 Å². The van der Waals surface area contributed by atoms with Gasteiger partial charge in [0.15, 0.2) is 5.01 Å². The number of halogens is 2. The standard InChI is InChI=1S/C18H16F2N6OS/c19-18(20)6-3-4-11(22)15(18)25-16(27)17-24-14(13(8-21)28-17)10-9-23-26-7-2-1-5-12(10)26/h1-2,5,7,9,11,15H,3-4,6,22H2,(H,25,27)/t11-,15-/m1/s1. The van der Waals surface area contributed by atoms with Gasteiger partial charge < -0.3 is 11.1 Å². The molecular formula is C18H16F2N6OS. The van der Waals surface area contributed by atoms with E-state index in [0.717, 1.165) is 16.9 Å². The maximum atomic E-state index is 14.2. The van der Waals surface area contributed by atoms with Crippen molar-refractivity contribution in [3.8, 4) is 17.3 Å². The van der Waals surface area contributed by atoms with Crippen molar-refractivity contribution in [2.24, 2.45) is 5.73 Å². The number of nitriles is 1. The van der Waals surface area contributed by atoms with E-state index in [9.17, 15) is 18.8 Å². The molecule has 0 bridgehead atoms. The minimum Gasteiger partial charge on any atom is -0.340 e. The number of hydrogen-bond donors (Lipinski definition) is 2. The van der Waals surface area contributed by atoms with Gasteiger partial charge in [-0.05, 0) is 25.0 Å². The van der Waals surface area contributed by atoms with E-state index in [1.54, 1.807) is 16.9 Å². The molecule has 1 fully saturated rings. The summed E-state index contributed by atoms with van der Waals surface area (Å²) in [5, 5.41) is 15.9. The predicted octanol–water partition coefficient (Wildman–Crippen LogP) is 2.57. The molecule has 0 radical (unpaired) electrons. The first-order valence-corrected chi connectivity index (χ1v) is 9.50. The minimum absolute atomic E-state index is 0.0598. The van der Waals surface area contributed by atoms with E-state index in [1.165, 1.54) is 0 Å². The van der Waals surface area contributed by atoms with Gasteiger partial charge in [-0.1, -0.05) is 17.4 Å². The predicted molar refractivity (Wildman–Crippen MR) is 99.0 cm³/mol. The van der Waals surface area contributed by atoms with Crippen LogP contribution in [0.25, 0.3) is 16.8 Å². The van der Waals surface area contributed by atoms with E-state index in [0.29, 0.717) is 24.1 Å². The third-order valence-electron chi connectivity index (χ3n) is 4.82. The van der Waals surface area contributed by atoms with Crippen molar-refractivity contribution in [2.75, 3.05) is 0 Å². The van der Waals surface area contributed by atoms with Gasteiger partial charge in [-0.3, -0.25) is 4.79 Å². The van der Waals surface area contributed by atoms with E-state index in [4.69, 9.17) is 5.73 Å². The van der Waals surface area contributed by atoms with Gasteiger partial charge in [0.1, 0.15) is 22.7 Å². The van der Waals surface area contributed by atoms with Gasteiger partial charge in [0, 0.05) is 24.2 Å². The average molecular weight is 402 g/mol. The summed E-state index contributed by atoms with van der Waals surface area (Å²) in [6.45, 7) is 0. The summed E-state index contributed by atoms with van der Waals surface area (Å²) < 4.78 is 30.0. The molecule has 0 unspecified atom stereocenters. The number of aromatic nitrogens is 3. The highest BCUT2D eigenvalue weighted by Gasteiger charge is 2.46. The molecule has 1 saturated carbocycles. The molecule has 3 heterocycles. The Bertz CT molecular complexity index is 1090. The number of hydrogen-bond acceptors (Lipinski definition) is 6. The number of rotatable bonds is 3. The Hall–Kier alpha value is -2.90. The zero-order valence-corrected chi connectivity index (χ0v) is 15.4. The quantitative estimate of drug-likeness (QED) is 0.700. The van der Waals surface area contributed by atoms with Gasteiger partial charge in [0.05, 0.1) is 11.7 Å². The number of carbonyl (C=O) groups excluding carboxylic acids is 1. The van der Waals surface area contributed by atoms with E-state index in [2.05, 4.69) is 15.4 Å². The van der Waals surface area contributed by atoms with Crippen LogP contribution in [0.15, 0.2) is 30.6 Å². The molecule has 7 nitrogen and oxygen atoms in total. The largest absolute Gasteiger partial charge is 0.340 e. The van der Waals surface area contributed by atoms with Crippen molar-refractivity contribution in [3.63, 3.8) is 0 Å². The zero-order valence-electron chi connectivity index (χ0n) is 14.6. The number of nitrogens with two attached hydrogens (primary N) is 1. The van der Waals surface area contributed by atoms with Crippen LogP contribution >= 0.6 is 11.3 Å². The highest BCUT2D eigenvalue weighted by Crippen LogP contribution is 2.34. The lowest BCUT2D eigenvalue weighted by Gasteiger charge is -2.36. The fourth-order valence-corrected chi connectivity index (χ4v) is 4.20. The smallest absolute Gasteiger partial charge is 0.280 e. The normalized spacial score (nSPS) is 21.4. The second-order valence-electron chi connectivity index (χ2n) is 6.67. The zero-order chi connectivity index (χ0) is 19.9. The number of thiazole rings is 1. The van der Waals surface area contributed by atoms with Crippen molar-refractivity contribution in [3.05, 3.63) is 40.5 Å². The summed E-state index contributed by atoms with van der Waals surface area (Å²) in [4.78, 5) is 17.0. The molecule has 0 saturated heterocycles. The van der Waals surface area contributed by atoms with Crippen LogP contribution in [0.2, 0.25) is 0 Å².